The molecule has 0 atom stereocenters. The zero-order valence-corrected chi connectivity index (χ0v) is 7.97. The van der Waals surface area contributed by atoms with Crippen molar-refractivity contribution in [2.24, 2.45) is 0 Å². The first-order valence-electron chi connectivity index (χ1n) is 4.16. The van der Waals surface area contributed by atoms with E-state index in [1.165, 1.54) is 4.68 Å². The van der Waals surface area contributed by atoms with Gasteiger partial charge in [0.25, 0.3) is 0 Å². The van der Waals surface area contributed by atoms with Gasteiger partial charge in [-0.05, 0) is 6.07 Å². The van der Waals surface area contributed by atoms with Crippen LogP contribution in [0.25, 0.3) is 0 Å². The number of rotatable bonds is 5. The third-order valence-electron chi connectivity index (χ3n) is 1.50. The van der Waals surface area contributed by atoms with Crippen LogP contribution in [-0.2, 0) is 20.8 Å². The first kappa shape index (κ1) is 10.5. The van der Waals surface area contributed by atoms with Crippen LogP contribution >= 0.6 is 0 Å². The lowest BCUT2D eigenvalue weighted by Gasteiger charge is -2.03. The van der Waals surface area contributed by atoms with Gasteiger partial charge in [-0.1, -0.05) is 0 Å². The molecule has 1 aromatic rings. The molecule has 0 aliphatic heterocycles. The Labute approximate surface area is 81.6 Å². The number of carbonyl (C=O) groups excluding carboxylic acids is 1. The molecule has 0 aliphatic carbocycles. The summed E-state index contributed by atoms with van der Waals surface area (Å²) in [4.78, 5) is 11.1. The number of methoxy groups -OCH3 is 1. The van der Waals surface area contributed by atoms with Crippen LogP contribution in [0.2, 0.25) is 0 Å². The third-order valence-corrected chi connectivity index (χ3v) is 1.50. The maximum Gasteiger partial charge on any atom is 0.327 e. The summed E-state index contributed by atoms with van der Waals surface area (Å²) in [5, 5.41) is 3.84. The second-order valence-corrected chi connectivity index (χ2v) is 2.65. The highest BCUT2D eigenvalue weighted by Gasteiger charge is 2.04. The summed E-state index contributed by atoms with van der Waals surface area (Å²) < 4.78 is 11.0. The van der Waals surface area contributed by atoms with Crippen molar-refractivity contribution < 1.29 is 14.3 Å². The van der Waals surface area contributed by atoms with Crippen LogP contribution in [0.4, 0.5) is 5.82 Å². The average Bonchev–Trinajstić information content (AvgIpc) is 2.52. The van der Waals surface area contributed by atoms with Gasteiger partial charge in [-0.2, -0.15) is 5.10 Å². The molecule has 0 radical (unpaired) electrons. The lowest BCUT2D eigenvalue weighted by atomic mass is 10.6. The van der Waals surface area contributed by atoms with Crippen molar-refractivity contribution in [3.05, 3.63) is 12.3 Å². The van der Waals surface area contributed by atoms with Crippen molar-refractivity contribution in [2.75, 3.05) is 26.1 Å². The topological polar surface area (TPSA) is 79.4 Å². The normalized spacial score (nSPS) is 10.1. The van der Waals surface area contributed by atoms with E-state index in [-0.39, 0.29) is 19.1 Å². The van der Waals surface area contributed by atoms with E-state index in [0.717, 1.165) is 0 Å². The predicted octanol–water partition coefficient (Wildman–Crippen LogP) is -0.345. The zero-order valence-electron chi connectivity index (χ0n) is 7.97. The minimum Gasteiger partial charge on any atom is -0.462 e. The minimum atomic E-state index is -0.356. The third kappa shape index (κ3) is 3.44. The molecule has 0 amide bonds. The number of hydrogen-bond acceptors (Lipinski definition) is 5. The fourth-order valence-electron chi connectivity index (χ4n) is 0.882. The predicted molar refractivity (Wildman–Crippen MR) is 49.5 cm³/mol. The molecule has 0 saturated heterocycles. The average molecular weight is 199 g/mol. The minimum absolute atomic E-state index is 0.0704. The van der Waals surface area contributed by atoms with E-state index in [1.54, 1.807) is 19.4 Å². The van der Waals surface area contributed by atoms with Gasteiger partial charge in [-0.25, -0.2) is 0 Å². The maximum atomic E-state index is 11.1. The van der Waals surface area contributed by atoms with Crippen molar-refractivity contribution in [1.82, 2.24) is 9.78 Å². The molecular formula is C8H13N3O3. The summed E-state index contributed by atoms with van der Waals surface area (Å²) >= 11 is 0. The Morgan fingerprint density at radius 2 is 2.43 bits per heavy atom. The van der Waals surface area contributed by atoms with Crippen molar-refractivity contribution >= 4 is 11.8 Å². The van der Waals surface area contributed by atoms with E-state index < -0.39 is 0 Å². The number of nitrogens with zero attached hydrogens (tertiary/aromatic N) is 2. The van der Waals surface area contributed by atoms with Gasteiger partial charge >= 0.3 is 5.97 Å². The highest BCUT2D eigenvalue weighted by molar-refractivity contribution is 5.69. The van der Waals surface area contributed by atoms with Crippen LogP contribution in [0.3, 0.4) is 0 Å². The first-order chi connectivity index (χ1) is 6.72. The summed E-state index contributed by atoms with van der Waals surface area (Å²) in [5.41, 5.74) is 5.37. The molecule has 6 heteroatoms. The van der Waals surface area contributed by atoms with Crippen LogP contribution in [0.5, 0.6) is 0 Å². The van der Waals surface area contributed by atoms with Gasteiger partial charge < -0.3 is 15.2 Å². The molecule has 1 aromatic heterocycles. The lowest BCUT2D eigenvalue weighted by molar-refractivity contribution is -0.145. The van der Waals surface area contributed by atoms with Crippen molar-refractivity contribution in [3.63, 3.8) is 0 Å². The number of nitrogens with two attached hydrogens (primary N) is 1. The fourth-order valence-corrected chi connectivity index (χ4v) is 0.882. The number of esters is 1. The Hall–Kier alpha value is -1.56. The number of anilines is 1. The molecule has 6 nitrogen and oxygen atoms in total. The summed E-state index contributed by atoms with van der Waals surface area (Å²) in [7, 11) is 1.54. The summed E-state index contributed by atoms with van der Waals surface area (Å²) in [6, 6.07) is 1.61. The summed E-state index contributed by atoms with van der Waals surface area (Å²) in [5.74, 6) is 0.0276. The fraction of sp³-hybridized carbons (Fsp3) is 0.500. The van der Waals surface area contributed by atoms with E-state index in [1.807, 2.05) is 0 Å². The second kappa shape index (κ2) is 5.23. The summed E-state index contributed by atoms with van der Waals surface area (Å²) in [6.45, 7) is 0.722. The van der Waals surface area contributed by atoms with Gasteiger partial charge in [0.2, 0.25) is 0 Å². The molecule has 0 fully saturated rings. The molecule has 78 valence electrons. The number of hydrogen-bond donors (Lipinski definition) is 1. The van der Waals surface area contributed by atoms with E-state index in [9.17, 15) is 4.79 Å². The highest BCUT2D eigenvalue weighted by Crippen LogP contribution is 1.95. The Bertz CT molecular complexity index is 298. The van der Waals surface area contributed by atoms with Gasteiger partial charge in [-0.3, -0.25) is 9.48 Å². The van der Waals surface area contributed by atoms with Crippen LogP contribution < -0.4 is 5.73 Å². The quantitative estimate of drug-likeness (QED) is 0.518. The molecule has 0 aliphatic rings. The van der Waals surface area contributed by atoms with Gasteiger partial charge in [0.1, 0.15) is 19.0 Å². The Morgan fingerprint density at radius 1 is 1.64 bits per heavy atom. The Balaban J connectivity index is 2.27. The standard InChI is InChI=1S/C8H13N3O3/c1-13-4-5-14-8(12)6-11-3-2-7(9)10-11/h2-3H,4-6H2,1H3,(H2,9,10). The molecule has 1 heterocycles. The molecule has 0 bridgehead atoms. The number of nitrogen functional groups attached to an aromatic ring is 1. The van der Waals surface area contributed by atoms with Crippen LogP contribution in [0.1, 0.15) is 0 Å². The molecule has 2 N–H and O–H groups in total. The van der Waals surface area contributed by atoms with Crippen LogP contribution in [0.15, 0.2) is 12.3 Å². The summed E-state index contributed by atoms with van der Waals surface area (Å²) in [6.07, 6.45) is 1.62. The Morgan fingerprint density at radius 3 is 3.00 bits per heavy atom. The van der Waals surface area contributed by atoms with Crippen molar-refractivity contribution in [1.29, 1.82) is 0 Å². The van der Waals surface area contributed by atoms with Gasteiger partial charge in [-0.15, -0.1) is 0 Å². The highest BCUT2D eigenvalue weighted by atomic mass is 16.6. The molecule has 0 unspecified atom stereocenters. The molecule has 14 heavy (non-hydrogen) atoms. The molecule has 0 saturated carbocycles. The van der Waals surface area contributed by atoms with Gasteiger partial charge in [0.05, 0.1) is 6.61 Å². The monoisotopic (exact) mass is 199 g/mol. The lowest BCUT2D eigenvalue weighted by Crippen LogP contribution is -2.16. The van der Waals surface area contributed by atoms with E-state index in [2.05, 4.69) is 5.10 Å². The van der Waals surface area contributed by atoms with Gasteiger partial charge in [0.15, 0.2) is 0 Å². The Kier molecular flexibility index (Phi) is 3.93. The molecule has 0 spiro atoms. The smallest absolute Gasteiger partial charge is 0.327 e. The van der Waals surface area contributed by atoms with Crippen molar-refractivity contribution in [2.45, 2.75) is 6.54 Å². The first-order valence-corrected chi connectivity index (χ1v) is 4.16. The number of aromatic nitrogens is 2. The van der Waals surface area contributed by atoms with Crippen LogP contribution in [0, 0.1) is 0 Å². The van der Waals surface area contributed by atoms with Crippen molar-refractivity contribution in [3.8, 4) is 0 Å². The molecular weight excluding hydrogens is 186 g/mol. The van der Waals surface area contributed by atoms with E-state index >= 15 is 0 Å². The number of ether oxygens (including phenoxy) is 2. The molecule has 0 aromatic carbocycles. The van der Waals surface area contributed by atoms with Crippen LogP contribution in [-0.4, -0.2) is 36.1 Å². The maximum absolute atomic E-state index is 11.1. The van der Waals surface area contributed by atoms with E-state index in [0.29, 0.717) is 12.4 Å². The van der Waals surface area contributed by atoms with Gasteiger partial charge in [0, 0.05) is 13.3 Å². The zero-order chi connectivity index (χ0) is 10.4. The molecule has 1 rings (SSSR count). The SMILES string of the molecule is COCCOC(=O)Cn1ccc(N)n1. The largest absolute Gasteiger partial charge is 0.462 e. The number of carbonyl (C=O) groups is 1. The van der Waals surface area contributed by atoms with E-state index in [4.69, 9.17) is 15.2 Å². The second-order valence-electron chi connectivity index (χ2n) is 2.65.